The molecule has 1 N–H and O–H groups in total. The zero-order valence-corrected chi connectivity index (χ0v) is 22.1. The van der Waals surface area contributed by atoms with E-state index < -0.39 is 17.7 Å². The van der Waals surface area contributed by atoms with Crippen molar-refractivity contribution in [2.75, 3.05) is 13.7 Å². The summed E-state index contributed by atoms with van der Waals surface area (Å²) in [5.41, 5.74) is 2.00. The summed E-state index contributed by atoms with van der Waals surface area (Å²) in [6.07, 6.45) is 0.881. The van der Waals surface area contributed by atoms with Crippen LogP contribution < -0.4 is 14.2 Å². The summed E-state index contributed by atoms with van der Waals surface area (Å²) in [5.74, 6) is 0.418. The van der Waals surface area contributed by atoms with E-state index in [0.717, 1.165) is 12.0 Å². The number of Topliss-reactive ketones (excluding diaryl/α,β-unsaturated/α-hetero) is 1. The average Bonchev–Trinajstić information content (AvgIpc) is 3.17. The van der Waals surface area contributed by atoms with Crippen LogP contribution in [0.5, 0.6) is 17.2 Å². The number of benzene rings is 3. The van der Waals surface area contributed by atoms with Gasteiger partial charge in [0, 0.05) is 12.1 Å². The van der Waals surface area contributed by atoms with Gasteiger partial charge in [0.05, 0.1) is 31.4 Å². The van der Waals surface area contributed by atoms with Crippen LogP contribution in [-0.2, 0) is 16.1 Å². The van der Waals surface area contributed by atoms with E-state index >= 15 is 0 Å². The molecule has 1 aliphatic rings. The number of carbonyl (C=O) groups excluding carboxylic acids is 2. The monoisotopic (exact) mass is 515 g/mol. The number of hydrogen-bond acceptors (Lipinski definition) is 6. The van der Waals surface area contributed by atoms with Crippen molar-refractivity contribution in [3.05, 3.63) is 95.1 Å². The van der Waals surface area contributed by atoms with Crippen LogP contribution in [-0.4, -0.2) is 41.5 Å². The van der Waals surface area contributed by atoms with Crippen molar-refractivity contribution in [1.82, 2.24) is 4.90 Å². The minimum absolute atomic E-state index is 0.00540. The van der Waals surface area contributed by atoms with Crippen molar-refractivity contribution >= 4 is 17.4 Å². The van der Waals surface area contributed by atoms with Crippen molar-refractivity contribution in [3.63, 3.8) is 0 Å². The van der Waals surface area contributed by atoms with E-state index in [-0.39, 0.29) is 24.0 Å². The largest absolute Gasteiger partial charge is 0.507 e. The number of ketones is 1. The Kier molecular flexibility index (Phi) is 8.36. The molecule has 0 aliphatic carbocycles. The fourth-order valence-electron chi connectivity index (χ4n) is 4.40. The van der Waals surface area contributed by atoms with Gasteiger partial charge in [0.15, 0.2) is 0 Å². The lowest BCUT2D eigenvalue weighted by molar-refractivity contribution is -0.140. The molecule has 38 heavy (non-hydrogen) atoms. The molecular weight excluding hydrogens is 482 g/mol. The maximum atomic E-state index is 13.3. The zero-order chi connectivity index (χ0) is 27.2. The Morgan fingerprint density at radius 2 is 1.50 bits per heavy atom. The predicted octanol–water partition coefficient (Wildman–Crippen LogP) is 5.89. The molecule has 198 valence electrons. The van der Waals surface area contributed by atoms with E-state index in [4.69, 9.17) is 14.2 Å². The molecule has 1 amide bonds. The number of rotatable bonds is 10. The van der Waals surface area contributed by atoms with Crippen LogP contribution in [0.4, 0.5) is 0 Å². The zero-order valence-electron chi connectivity index (χ0n) is 22.1. The molecule has 1 heterocycles. The Hall–Kier alpha value is -4.26. The van der Waals surface area contributed by atoms with E-state index in [2.05, 4.69) is 0 Å². The number of amides is 1. The first-order valence-electron chi connectivity index (χ1n) is 12.7. The van der Waals surface area contributed by atoms with Crippen LogP contribution in [0.2, 0.25) is 0 Å². The average molecular weight is 516 g/mol. The highest BCUT2D eigenvalue weighted by Gasteiger charge is 2.46. The van der Waals surface area contributed by atoms with Crippen LogP contribution in [0.1, 0.15) is 49.9 Å². The predicted molar refractivity (Wildman–Crippen MR) is 145 cm³/mol. The Bertz CT molecular complexity index is 1290. The lowest BCUT2D eigenvalue weighted by Gasteiger charge is -2.26. The van der Waals surface area contributed by atoms with Crippen LogP contribution in [0, 0.1) is 0 Å². The molecule has 7 heteroatoms. The summed E-state index contributed by atoms with van der Waals surface area (Å²) in [4.78, 5) is 28.1. The smallest absolute Gasteiger partial charge is 0.295 e. The number of methoxy groups -OCH3 is 1. The van der Waals surface area contributed by atoms with E-state index in [1.165, 1.54) is 4.90 Å². The molecule has 1 saturated heterocycles. The lowest BCUT2D eigenvalue weighted by Crippen LogP contribution is -2.29. The van der Waals surface area contributed by atoms with Gasteiger partial charge in [-0.15, -0.1) is 0 Å². The molecule has 0 radical (unpaired) electrons. The fourth-order valence-corrected chi connectivity index (χ4v) is 4.40. The van der Waals surface area contributed by atoms with Gasteiger partial charge in [-0.3, -0.25) is 9.59 Å². The molecule has 7 nitrogen and oxygen atoms in total. The summed E-state index contributed by atoms with van der Waals surface area (Å²) in [5, 5.41) is 11.3. The number of aliphatic hydroxyl groups excluding tert-OH is 1. The minimum Gasteiger partial charge on any atom is -0.507 e. The summed E-state index contributed by atoms with van der Waals surface area (Å²) in [7, 11) is 1.59. The highest BCUT2D eigenvalue weighted by atomic mass is 16.5. The number of ether oxygens (including phenoxy) is 3. The van der Waals surface area contributed by atoms with Gasteiger partial charge in [0.1, 0.15) is 23.0 Å². The van der Waals surface area contributed by atoms with Crippen molar-refractivity contribution in [2.24, 2.45) is 0 Å². The van der Waals surface area contributed by atoms with Crippen LogP contribution >= 0.6 is 0 Å². The number of nitrogens with zero attached hydrogens (tertiary/aromatic N) is 1. The van der Waals surface area contributed by atoms with Gasteiger partial charge in [-0.1, -0.05) is 31.2 Å². The topological polar surface area (TPSA) is 85.3 Å². The second-order valence-corrected chi connectivity index (χ2v) is 9.38. The van der Waals surface area contributed by atoms with E-state index in [9.17, 15) is 14.7 Å². The van der Waals surface area contributed by atoms with Gasteiger partial charge in [-0.2, -0.15) is 0 Å². The Balaban J connectivity index is 1.75. The minimum atomic E-state index is -0.777. The highest BCUT2D eigenvalue weighted by molar-refractivity contribution is 6.46. The van der Waals surface area contributed by atoms with Gasteiger partial charge < -0.3 is 24.2 Å². The molecule has 3 aromatic rings. The fraction of sp³-hybridized carbons (Fsp3) is 0.290. The maximum Gasteiger partial charge on any atom is 0.295 e. The van der Waals surface area contributed by atoms with Gasteiger partial charge in [-0.25, -0.2) is 0 Å². The Morgan fingerprint density at radius 1 is 0.895 bits per heavy atom. The molecule has 0 saturated carbocycles. The molecular formula is C31H33NO6. The van der Waals surface area contributed by atoms with E-state index in [1.54, 1.807) is 43.5 Å². The molecule has 0 bridgehead atoms. The van der Waals surface area contributed by atoms with Crippen molar-refractivity contribution in [1.29, 1.82) is 0 Å². The number of likely N-dealkylation sites (tertiary alicyclic amines) is 1. The second-order valence-electron chi connectivity index (χ2n) is 9.38. The molecule has 0 aromatic heterocycles. The molecule has 1 atom stereocenters. The number of carbonyl (C=O) groups is 2. The Labute approximate surface area is 223 Å². The first-order valence-corrected chi connectivity index (χ1v) is 12.7. The summed E-state index contributed by atoms with van der Waals surface area (Å²) in [6, 6.07) is 20.7. The summed E-state index contributed by atoms with van der Waals surface area (Å²) >= 11 is 0. The molecule has 1 fully saturated rings. The molecule has 4 rings (SSSR count). The maximum absolute atomic E-state index is 13.3. The highest BCUT2D eigenvalue weighted by Crippen LogP contribution is 2.41. The van der Waals surface area contributed by atoms with Crippen LogP contribution in [0.3, 0.4) is 0 Å². The SMILES string of the molecule is CCCOc1ccc(/C(O)=C2/C(=O)C(=O)N(Cc3ccc(OC)cc3)C2c2ccc(OC(C)C)cc2)cc1. The summed E-state index contributed by atoms with van der Waals surface area (Å²) in [6.45, 7) is 6.67. The molecule has 3 aromatic carbocycles. The third kappa shape index (κ3) is 5.83. The molecule has 1 unspecified atom stereocenters. The van der Waals surface area contributed by atoms with Gasteiger partial charge in [0.25, 0.3) is 11.7 Å². The molecule has 1 aliphatic heterocycles. The first kappa shape index (κ1) is 26.8. The third-order valence-electron chi connectivity index (χ3n) is 6.22. The van der Waals surface area contributed by atoms with Gasteiger partial charge in [0.2, 0.25) is 0 Å². The van der Waals surface area contributed by atoms with Crippen molar-refractivity contribution in [3.8, 4) is 17.2 Å². The third-order valence-corrected chi connectivity index (χ3v) is 6.22. The van der Waals surface area contributed by atoms with E-state index in [0.29, 0.717) is 35.0 Å². The van der Waals surface area contributed by atoms with Gasteiger partial charge in [-0.05, 0) is 79.9 Å². The van der Waals surface area contributed by atoms with Crippen LogP contribution in [0.15, 0.2) is 78.4 Å². The Morgan fingerprint density at radius 3 is 2.08 bits per heavy atom. The van der Waals surface area contributed by atoms with Crippen LogP contribution in [0.25, 0.3) is 5.76 Å². The molecule has 0 spiro atoms. The standard InChI is InChI=1S/C31H33NO6/c1-5-18-37-25-14-10-23(11-15-25)29(33)27-28(22-8-16-26(17-9-22)38-20(2)3)32(31(35)30(27)34)19-21-6-12-24(36-4)13-7-21/h6-17,20,28,33H,5,18-19H2,1-4H3/b29-27-. The van der Waals surface area contributed by atoms with Crippen molar-refractivity contribution in [2.45, 2.75) is 45.9 Å². The van der Waals surface area contributed by atoms with Crippen molar-refractivity contribution < 1.29 is 28.9 Å². The number of hydrogen-bond donors (Lipinski definition) is 1. The van der Waals surface area contributed by atoms with Gasteiger partial charge >= 0.3 is 0 Å². The lowest BCUT2D eigenvalue weighted by atomic mass is 9.95. The number of aliphatic hydroxyl groups is 1. The summed E-state index contributed by atoms with van der Waals surface area (Å²) < 4.78 is 16.6. The quantitative estimate of drug-likeness (QED) is 0.206. The van der Waals surface area contributed by atoms with E-state index in [1.807, 2.05) is 57.2 Å². The second kappa shape index (κ2) is 11.9. The first-order chi connectivity index (χ1) is 18.3. The normalized spacial score (nSPS) is 16.7.